The predicted octanol–water partition coefficient (Wildman–Crippen LogP) is 2.68. The highest BCUT2D eigenvalue weighted by Gasteiger charge is 2.31. The number of hydrogen-bond acceptors (Lipinski definition) is 6. The zero-order valence-electron chi connectivity index (χ0n) is 19.4. The molecule has 1 aromatic heterocycles. The molecule has 0 spiro atoms. The monoisotopic (exact) mass is 464 g/mol. The van der Waals surface area contributed by atoms with Gasteiger partial charge in [-0.25, -0.2) is 14.7 Å². The molecule has 3 aliphatic rings. The molecule has 5 rings (SSSR count). The summed E-state index contributed by atoms with van der Waals surface area (Å²) in [6, 6.07) is 10.6. The first-order valence-corrected chi connectivity index (χ1v) is 12.2. The minimum atomic E-state index is -0.301. The maximum Gasteiger partial charge on any atom is 0.327 e. The molecule has 2 fully saturated rings. The highest BCUT2D eigenvalue weighted by Crippen LogP contribution is 2.35. The number of pyridine rings is 1. The maximum atomic E-state index is 13.4. The number of aromatic nitrogens is 1. The molecule has 3 aliphatic heterocycles. The smallest absolute Gasteiger partial charge is 0.327 e. The summed E-state index contributed by atoms with van der Waals surface area (Å²) in [4.78, 5) is 37.0. The second-order valence-electron chi connectivity index (χ2n) is 9.04. The third-order valence-electron chi connectivity index (χ3n) is 6.78. The summed E-state index contributed by atoms with van der Waals surface area (Å²) >= 11 is 0. The fourth-order valence-electron chi connectivity index (χ4n) is 5.02. The van der Waals surface area contributed by atoms with Crippen LogP contribution in [-0.4, -0.2) is 85.2 Å². The van der Waals surface area contributed by atoms with Crippen molar-refractivity contribution in [1.29, 1.82) is 0 Å². The Morgan fingerprint density at radius 2 is 1.97 bits per heavy atom. The fraction of sp³-hybridized carbons (Fsp3) is 0.480. The molecule has 2 aromatic rings. The van der Waals surface area contributed by atoms with Gasteiger partial charge in [-0.1, -0.05) is 18.6 Å². The number of morpholine rings is 1. The van der Waals surface area contributed by atoms with Crippen molar-refractivity contribution >= 4 is 29.1 Å². The summed E-state index contributed by atoms with van der Waals surface area (Å²) in [5.41, 5.74) is 1.46. The van der Waals surface area contributed by atoms with Gasteiger partial charge in [0, 0.05) is 38.4 Å². The van der Waals surface area contributed by atoms with E-state index in [1.165, 1.54) is 24.2 Å². The van der Waals surface area contributed by atoms with Gasteiger partial charge in [0.15, 0.2) is 5.82 Å². The Morgan fingerprint density at radius 3 is 2.85 bits per heavy atom. The largest absolute Gasteiger partial charge is 0.378 e. The SMILES string of the molecule is O=C1Nc2cccnc2N(C(=O)NCCN2CCOCC2CN2CCCCC2)c2ccccc21. The number of para-hydroxylation sites is 1. The Hall–Kier alpha value is -3.01. The van der Waals surface area contributed by atoms with Gasteiger partial charge in [0.25, 0.3) is 5.91 Å². The van der Waals surface area contributed by atoms with Crippen molar-refractivity contribution in [1.82, 2.24) is 20.1 Å². The summed E-state index contributed by atoms with van der Waals surface area (Å²) in [5, 5.41) is 5.93. The number of urea groups is 1. The van der Waals surface area contributed by atoms with E-state index in [0.29, 0.717) is 35.3 Å². The molecule has 0 radical (unpaired) electrons. The Labute approximate surface area is 200 Å². The molecule has 1 atom stereocenters. The third-order valence-corrected chi connectivity index (χ3v) is 6.78. The lowest BCUT2D eigenvalue weighted by molar-refractivity contribution is -0.0207. The molecule has 3 amide bonds. The lowest BCUT2D eigenvalue weighted by Crippen LogP contribution is -2.54. The van der Waals surface area contributed by atoms with Crippen LogP contribution in [0.25, 0.3) is 0 Å². The molecule has 1 aromatic carbocycles. The zero-order valence-corrected chi connectivity index (χ0v) is 19.4. The minimum Gasteiger partial charge on any atom is -0.378 e. The fourth-order valence-corrected chi connectivity index (χ4v) is 5.02. The number of amides is 3. The van der Waals surface area contributed by atoms with E-state index in [2.05, 4.69) is 25.4 Å². The molecule has 34 heavy (non-hydrogen) atoms. The topological polar surface area (TPSA) is 90.0 Å². The number of carbonyl (C=O) groups excluding carboxylic acids is 2. The van der Waals surface area contributed by atoms with Crippen LogP contribution in [0.5, 0.6) is 0 Å². The van der Waals surface area contributed by atoms with Crippen LogP contribution < -0.4 is 15.5 Å². The van der Waals surface area contributed by atoms with Gasteiger partial charge < -0.3 is 20.3 Å². The van der Waals surface area contributed by atoms with Gasteiger partial charge >= 0.3 is 6.03 Å². The van der Waals surface area contributed by atoms with Gasteiger partial charge in [0.1, 0.15) is 0 Å². The molecule has 4 heterocycles. The Balaban J connectivity index is 1.27. The summed E-state index contributed by atoms with van der Waals surface area (Å²) < 4.78 is 5.77. The standard InChI is InChI=1S/C25H32N6O3/c32-24-20-7-2-3-9-22(20)31(23-21(28-24)8-6-10-26-23)25(33)27-11-14-30-15-16-34-18-19(30)17-29-12-4-1-5-13-29/h2-3,6-10,19H,1,4-5,11-18H2,(H,27,33)(H,28,32). The Bertz CT molecular complexity index is 1030. The average Bonchev–Trinajstić information content (AvgIpc) is 2.99. The summed E-state index contributed by atoms with van der Waals surface area (Å²) in [6.07, 6.45) is 5.49. The van der Waals surface area contributed by atoms with Gasteiger partial charge in [-0.2, -0.15) is 0 Å². The number of ether oxygens (including phenoxy) is 1. The number of hydrogen-bond donors (Lipinski definition) is 2. The third kappa shape index (κ3) is 4.91. The Morgan fingerprint density at radius 1 is 1.12 bits per heavy atom. The lowest BCUT2D eigenvalue weighted by Gasteiger charge is -2.39. The van der Waals surface area contributed by atoms with Crippen LogP contribution >= 0.6 is 0 Å². The molecule has 0 bridgehead atoms. The molecular weight excluding hydrogens is 432 g/mol. The van der Waals surface area contributed by atoms with Gasteiger partial charge in [0.2, 0.25) is 0 Å². The van der Waals surface area contributed by atoms with E-state index in [9.17, 15) is 9.59 Å². The number of nitrogens with zero attached hydrogens (tertiary/aromatic N) is 4. The second-order valence-corrected chi connectivity index (χ2v) is 9.04. The molecule has 2 N–H and O–H groups in total. The number of rotatable bonds is 5. The van der Waals surface area contributed by atoms with Crippen molar-refractivity contribution in [2.45, 2.75) is 25.3 Å². The number of likely N-dealkylation sites (tertiary alicyclic amines) is 1. The number of anilines is 3. The van der Waals surface area contributed by atoms with Crippen molar-refractivity contribution in [3.8, 4) is 0 Å². The van der Waals surface area contributed by atoms with Gasteiger partial charge in [-0.05, 0) is 50.2 Å². The van der Waals surface area contributed by atoms with Crippen LogP contribution in [0.15, 0.2) is 42.6 Å². The molecule has 9 heteroatoms. The maximum absolute atomic E-state index is 13.4. The molecule has 180 valence electrons. The number of fused-ring (bicyclic) bond motifs is 2. The molecule has 9 nitrogen and oxygen atoms in total. The van der Waals surface area contributed by atoms with Crippen molar-refractivity contribution in [2.24, 2.45) is 0 Å². The highest BCUT2D eigenvalue weighted by molar-refractivity contribution is 6.16. The molecule has 0 aliphatic carbocycles. The average molecular weight is 465 g/mol. The first-order valence-electron chi connectivity index (χ1n) is 12.2. The zero-order chi connectivity index (χ0) is 23.3. The van der Waals surface area contributed by atoms with Crippen LogP contribution in [0, 0.1) is 0 Å². The Kier molecular flexibility index (Phi) is 7.03. The van der Waals surface area contributed by atoms with Crippen LogP contribution in [0.1, 0.15) is 29.6 Å². The number of nitrogens with one attached hydrogen (secondary N) is 2. The molecular formula is C25H32N6O3. The van der Waals surface area contributed by atoms with E-state index in [-0.39, 0.29) is 11.9 Å². The van der Waals surface area contributed by atoms with E-state index in [1.807, 2.05) is 6.07 Å². The van der Waals surface area contributed by atoms with Crippen molar-refractivity contribution in [3.05, 3.63) is 48.2 Å². The lowest BCUT2D eigenvalue weighted by atomic mass is 10.1. The van der Waals surface area contributed by atoms with Gasteiger partial charge in [0.05, 0.1) is 30.2 Å². The van der Waals surface area contributed by atoms with E-state index in [4.69, 9.17) is 4.74 Å². The van der Waals surface area contributed by atoms with Crippen LogP contribution in [-0.2, 0) is 4.74 Å². The number of piperidine rings is 1. The van der Waals surface area contributed by atoms with Gasteiger partial charge in [-0.3, -0.25) is 9.69 Å². The molecule has 0 saturated carbocycles. The quantitative estimate of drug-likeness (QED) is 0.707. The predicted molar refractivity (Wildman–Crippen MR) is 131 cm³/mol. The second kappa shape index (κ2) is 10.5. The first-order chi connectivity index (χ1) is 16.7. The first kappa shape index (κ1) is 22.8. The van der Waals surface area contributed by atoms with Crippen LogP contribution in [0.2, 0.25) is 0 Å². The number of benzene rings is 1. The van der Waals surface area contributed by atoms with Crippen molar-refractivity contribution < 1.29 is 14.3 Å². The van der Waals surface area contributed by atoms with Crippen LogP contribution in [0.4, 0.5) is 22.0 Å². The van der Waals surface area contributed by atoms with Crippen molar-refractivity contribution in [3.63, 3.8) is 0 Å². The van der Waals surface area contributed by atoms with Crippen molar-refractivity contribution in [2.75, 3.05) is 62.7 Å². The van der Waals surface area contributed by atoms with E-state index >= 15 is 0 Å². The summed E-state index contributed by atoms with van der Waals surface area (Å²) in [7, 11) is 0. The molecule has 1 unspecified atom stereocenters. The number of carbonyl (C=O) groups is 2. The summed E-state index contributed by atoms with van der Waals surface area (Å²) in [6.45, 7) is 6.89. The van der Waals surface area contributed by atoms with E-state index in [0.717, 1.165) is 45.9 Å². The summed E-state index contributed by atoms with van der Waals surface area (Å²) in [5.74, 6) is 0.154. The van der Waals surface area contributed by atoms with E-state index in [1.54, 1.807) is 36.5 Å². The van der Waals surface area contributed by atoms with E-state index < -0.39 is 0 Å². The van der Waals surface area contributed by atoms with Crippen LogP contribution in [0.3, 0.4) is 0 Å². The minimum absolute atomic E-state index is 0.256. The molecule has 2 saturated heterocycles. The highest BCUT2D eigenvalue weighted by atomic mass is 16.5. The van der Waals surface area contributed by atoms with Gasteiger partial charge in [-0.15, -0.1) is 0 Å². The normalized spacial score (nSPS) is 21.2.